The third kappa shape index (κ3) is 2.99. The van der Waals surface area contributed by atoms with Gasteiger partial charge in [-0.05, 0) is 26.7 Å². The first-order valence-electron chi connectivity index (χ1n) is 6.68. The van der Waals surface area contributed by atoms with Crippen LogP contribution in [-0.4, -0.2) is 36.7 Å². The van der Waals surface area contributed by atoms with Crippen LogP contribution in [0.15, 0.2) is 0 Å². The second-order valence-corrected chi connectivity index (χ2v) is 5.78. The van der Waals surface area contributed by atoms with E-state index in [1.54, 1.807) is 0 Å². The summed E-state index contributed by atoms with van der Waals surface area (Å²) in [6.45, 7) is 7.74. The lowest BCUT2D eigenvalue weighted by molar-refractivity contribution is -0.219. The Labute approximate surface area is 104 Å². The monoisotopic (exact) mass is 243 g/mol. The van der Waals surface area contributed by atoms with Gasteiger partial charge in [0, 0.05) is 18.9 Å². The lowest BCUT2D eigenvalue weighted by Gasteiger charge is -2.42. The maximum absolute atomic E-state index is 6.16. The highest BCUT2D eigenvalue weighted by atomic mass is 16.7. The van der Waals surface area contributed by atoms with E-state index in [0.29, 0.717) is 13.2 Å². The van der Waals surface area contributed by atoms with Crippen molar-refractivity contribution in [1.82, 2.24) is 0 Å². The SMILES string of the molecule is CCC(C)(C)OC1CC2(CCC1N)OCCO2. The minimum atomic E-state index is -0.412. The first-order valence-corrected chi connectivity index (χ1v) is 6.68. The molecular weight excluding hydrogens is 218 g/mol. The van der Waals surface area contributed by atoms with Crippen molar-refractivity contribution in [2.24, 2.45) is 5.73 Å². The summed E-state index contributed by atoms with van der Waals surface area (Å²) in [6.07, 6.45) is 3.57. The van der Waals surface area contributed by atoms with Crippen molar-refractivity contribution < 1.29 is 14.2 Å². The third-order valence-corrected chi connectivity index (χ3v) is 3.98. The molecule has 2 N–H and O–H groups in total. The van der Waals surface area contributed by atoms with Crippen LogP contribution in [0, 0.1) is 0 Å². The highest BCUT2D eigenvalue weighted by molar-refractivity contribution is 4.92. The predicted octanol–water partition coefficient (Wildman–Crippen LogP) is 1.81. The molecule has 0 amide bonds. The van der Waals surface area contributed by atoms with E-state index in [0.717, 1.165) is 25.7 Å². The zero-order chi connectivity index (χ0) is 12.5. The summed E-state index contributed by atoms with van der Waals surface area (Å²) in [7, 11) is 0. The smallest absolute Gasteiger partial charge is 0.171 e. The van der Waals surface area contributed by atoms with Crippen LogP contribution >= 0.6 is 0 Å². The summed E-state index contributed by atoms with van der Waals surface area (Å²) < 4.78 is 17.6. The summed E-state index contributed by atoms with van der Waals surface area (Å²) in [5, 5.41) is 0. The van der Waals surface area contributed by atoms with Crippen molar-refractivity contribution in [2.75, 3.05) is 13.2 Å². The van der Waals surface area contributed by atoms with Gasteiger partial charge in [0.25, 0.3) is 0 Å². The van der Waals surface area contributed by atoms with E-state index in [4.69, 9.17) is 19.9 Å². The highest BCUT2D eigenvalue weighted by Gasteiger charge is 2.45. The molecule has 100 valence electrons. The van der Waals surface area contributed by atoms with Crippen LogP contribution in [0.4, 0.5) is 0 Å². The van der Waals surface area contributed by atoms with Gasteiger partial charge in [0.05, 0.1) is 24.9 Å². The molecule has 0 radical (unpaired) electrons. The summed E-state index contributed by atoms with van der Waals surface area (Å²) in [5.74, 6) is -0.412. The van der Waals surface area contributed by atoms with Crippen LogP contribution in [0.5, 0.6) is 0 Å². The van der Waals surface area contributed by atoms with Crippen LogP contribution in [0.3, 0.4) is 0 Å². The van der Waals surface area contributed by atoms with Gasteiger partial charge < -0.3 is 19.9 Å². The van der Waals surface area contributed by atoms with Gasteiger partial charge in [0.1, 0.15) is 0 Å². The molecular formula is C13H25NO3. The molecule has 1 saturated carbocycles. The Hall–Kier alpha value is -0.160. The largest absolute Gasteiger partial charge is 0.371 e. The number of nitrogens with two attached hydrogens (primary N) is 1. The van der Waals surface area contributed by atoms with E-state index in [1.807, 2.05) is 0 Å². The van der Waals surface area contributed by atoms with E-state index in [2.05, 4.69) is 20.8 Å². The Morgan fingerprint density at radius 2 is 2.00 bits per heavy atom. The molecule has 2 fully saturated rings. The molecule has 2 atom stereocenters. The molecule has 1 aliphatic heterocycles. The minimum absolute atomic E-state index is 0.0387. The Morgan fingerprint density at radius 1 is 1.35 bits per heavy atom. The van der Waals surface area contributed by atoms with Crippen molar-refractivity contribution in [3.63, 3.8) is 0 Å². The van der Waals surface area contributed by atoms with Gasteiger partial charge in [-0.15, -0.1) is 0 Å². The lowest BCUT2D eigenvalue weighted by Crippen LogP contribution is -2.52. The first-order chi connectivity index (χ1) is 7.96. The molecule has 2 aliphatic rings. The van der Waals surface area contributed by atoms with Crippen LogP contribution in [0.1, 0.15) is 46.5 Å². The van der Waals surface area contributed by atoms with Gasteiger partial charge in [0.2, 0.25) is 0 Å². The van der Waals surface area contributed by atoms with Crippen LogP contribution in [-0.2, 0) is 14.2 Å². The van der Waals surface area contributed by atoms with Crippen LogP contribution in [0.2, 0.25) is 0 Å². The summed E-state index contributed by atoms with van der Waals surface area (Å²) in [4.78, 5) is 0. The first kappa shape index (κ1) is 13.3. The number of hydrogen-bond donors (Lipinski definition) is 1. The molecule has 2 unspecified atom stereocenters. The average Bonchev–Trinajstić information content (AvgIpc) is 2.72. The maximum atomic E-state index is 6.16. The van der Waals surface area contributed by atoms with E-state index >= 15 is 0 Å². The topological polar surface area (TPSA) is 53.7 Å². The molecule has 1 heterocycles. The summed E-state index contributed by atoms with van der Waals surface area (Å²) in [6, 6.07) is 0.0965. The summed E-state index contributed by atoms with van der Waals surface area (Å²) >= 11 is 0. The molecule has 4 heteroatoms. The Kier molecular flexibility index (Phi) is 3.78. The van der Waals surface area contributed by atoms with Gasteiger partial charge in [-0.1, -0.05) is 6.92 Å². The van der Waals surface area contributed by atoms with E-state index in [-0.39, 0.29) is 17.7 Å². The maximum Gasteiger partial charge on any atom is 0.171 e. The third-order valence-electron chi connectivity index (χ3n) is 3.98. The molecule has 4 nitrogen and oxygen atoms in total. The molecule has 1 saturated heterocycles. The molecule has 0 bridgehead atoms. The number of ether oxygens (including phenoxy) is 3. The van der Waals surface area contributed by atoms with Crippen molar-refractivity contribution in [3.05, 3.63) is 0 Å². The molecule has 0 aromatic heterocycles. The fourth-order valence-corrected chi connectivity index (χ4v) is 2.51. The highest BCUT2D eigenvalue weighted by Crippen LogP contribution is 2.38. The van der Waals surface area contributed by atoms with Crippen LogP contribution in [0.25, 0.3) is 0 Å². The second-order valence-electron chi connectivity index (χ2n) is 5.78. The number of rotatable bonds is 3. The number of hydrogen-bond acceptors (Lipinski definition) is 4. The van der Waals surface area contributed by atoms with E-state index in [9.17, 15) is 0 Å². The van der Waals surface area contributed by atoms with Gasteiger partial charge in [-0.2, -0.15) is 0 Å². The Morgan fingerprint density at radius 3 is 2.59 bits per heavy atom. The molecule has 0 aromatic rings. The molecule has 17 heavy (non-hydrogen) atoms. The zero-order valence-corrected chi connectivity index (χ0v) is 11.2. The lowest BCUT2D eigenvalue weighted by atomic mass is 9.87. The molecule has 2 rings (SSSR count). The predicted molar refractivity (Wildman–Crippen MR) is 65.7 cm³/mol. The van der Waals surface area contributed by atoms with Crippen molar-refractivity contribution in [3.8, 4) is 0 Å². The van der Waals surface area contributed by atoms with Crippen molar-refractivity contribution in [2.45, 2.75) is 70.0 Å². The second kappa shape index (κ2) is 4.84. The van der Waals surface area contributed by atoms with E-state index in [1.165, 1.54) is 0 Å². The van der Waals surface area contributed by atoms with E-state index < -0.39 is 5.79 Å². The fraction of sp³-hybridized carbons (Fsp3) is 1.00. The zero-order valence-electron chi connectivity index (χ0n) is 11.2. The minimum Gasteiger partial charge on any atom is -0.371 e. The standard InChI is InChI=1S/C13H25NO3/c1-4-12(2,3)17-11-9-13(6-5-10(11)14)15-7-8-16-13/h10-11H,4-9,14H2,1-3H3. The van der Waals surface area contributed by atoms with Crippen molar-refractivity contribution >= 4 is 0 Å². The van der Waals surface area contributed by atoms with Gasteiger partial charge in [-0.3, -0.25) is 0 Å². The Bertz CT molecular complexity index is 261. The quantitative estimate of drug-likeness (QED) is 0.821. The van der Waals surface area contributed by atoms with Crippen LogP contribution < -0.4 is 5.73 Å². The normalized spacial score (nSPS) is 33.2. The van der Waals surface area contributed by atoms with Gasteiger partial charge >= 0.3 is 0 Å². The molecule has 1 spiro atoms. The Balaban J connectivity index is 2.00. The molecule has 1 aliphatic carbocycles. The average molecular weight is 243 g/mol. The van der Waals surface area contributed by atoms with Gasteiger partial charge in [0.15, 0.2) is 5.79 Å². The van der Waals surface area contributed by atoms with Crippen molar-refractivity contribution in [1.29, 1.82) is 0 Å². The molecule has 0 aromatic carbocycles. The van der Waals surface area contributed by atoms with Gasteiger partial charge in [-0.25, -0.2) is 0 Å². The fourth-order valence-electron chi connectivity index (χ4n) is 2.51. The summed E-state index contributed by atoms with van der Waals surface area (Å²) in [5.41, 5.74) is 6.03.